The Hall–Kier alpha value is -0.390. The van der Waals surface area contributed by atoms with Gasteiger partial charge in [0.05, 0.1) is 0 Å². The lowest BCUT2D eigenvalue weighted by atomic mass is 10.0. The van der Waals surface area contributed by atoms with Gasteiger partial charge in [0.15, 0.2) is 0 Å². The molecule has 1 aromatic rings. The summed E-state index contributed by atoms with van der Waals surface area (Å²) in [6, 6.07) is 5.41. The summed E-state index contributed by atoms with van der Waals surface area (Å²) in [5, 5.41) is 11.9. The van der Waals surface area contributed by atoms with Gasteiger partial charge in [0.2, 0.25) is 0 Å². The minimum Gasteiger partial charge on any atom is -0.396 e. The van der Waals surface area contributed by atoms with Crippen molar-refractivity contribution in [2.24, 2.45) is 5.92 Å². The van der Waals surface area contributed by atoms with Crippen LogP contribution in [-0.2, 0) is 0 Å². The highest BCUT2D eigenvalue weighted by atomic mass is 79.9. The summed E-state index contributed by atoms with van der Waals surface area (Å²) >= 11 is 6.71. The molecule has 0 aliphatic heterocycles. The van der Waals surface area contributed by atoms with E-state index in [9.17, 15) is 4.79 Å². The molecular formula is C13H17Br2NO2. The summed E-state index contributed by atoms with van der Waals surface area (Å²) in [6.45, 7) is 4.13. The summed E-state index contributed by atoms with van der Waals surface area (Å²) in [4.78, 5) is 12.1. The average molecular weight is 379 g/mol. The Morgan fingerprint density at radius 2 is 1.83 bits per heavy atom. The number of aliphatic hydroxyl groups is 1. The zero-order valence-corrected chi connectivity index (χ0v) is 13.6. The van der Waals surface area contributed by atoms with Crippen LogP contribution in [-0.4, -0.2) is 23.7 Å². The van der Waals surface area contributed by atoms with E-state index < -0.39 is 0 Å². The summed E-state index contributed by atoms with van der Waals surface area (Å²) in [5.41, 5.74) is 0.597. The normalized spacial score (nSPS) is 12.6. The number of benzene rings is 1. The van der Waals surface area contributed by atoms with Gasteiger partial charge < -0.3 is 10.4 Å². The second kappa shape index (κ2) is 7.26. The van der Waals surface area contributed by atoms with Crippen LogP contribution >= 0.6 is 31.9 Å². The lowest BCUT2D eigenvalue weighted by Gasteiger charge is -2.21. The number of carbonyl (C=O) groups excluding carboxylic acids is 1. The van der Waals surface area contributed by atoms with E-state index in [0.717, 1.165) is 8.95 Å². The maximum absolute atomic E-state index is 12.1. The smallest absolute Gasteiger partial charge is 0.251 e. The first-order chi connectivity index (χ1) is 8.43. The Balaban J connectivity index is 2.80. The largest absolute Gasteiger partial charge is 0.396 e. The highest BCUT2D eigenvalue weighted by Crippen LogP contribution is 2.20. The Bertz CT molecular complexity index is 401. The molecule has 3 nitrogen and oxygen atoms in total. The molecule has 0 radical (unpaired) electrons. The van der Waals surface area contributed by atoms with Crippen molar-refractivity contribution in [2.75, 3.05) is 6.61 Å². The first-order valence-electron chi connectivity index (χ1n) is 5.82. The maximum atomic E-state index is 12.1. The van der Waals surface area contributed by atoms with Crippen LogP contribution in [0.15, 0.2) is 27.1 Å². The quantitative estimate of drug-likeness (QED) is 0.825. The Labute approximate surface area is 124 Å². The molecule has 18 heavy (non-hydrogen) atoms. The average Bonchev–Trinajstić information content (AvgIpc) is 2.26. The molecule has 0 saturated heterocycles. The molecule has 100 valence electrons. The Kier molecular flexibility index (Phi) is 6.32. The van der Waals surface area contributed by atoms with Gasteiger partial charge in [0, 0.05) is 27.2 Å². The van der Waals surface area contributed by atoms with Crippen molar-refractivity contribution in [3.8, 4) is 0 Å². The van der Waals surface area contributed by atoms with E-state index in [1.807, 2.05) is 19.9 Å². The molecule has 0 bridgehead atoms. The molecule has 5 heteroatoms. The lowest BCUT2D eigenvalue weighted by molar-refractivity contribution is 0.0916. The standard InChI is InChI=1S/C13H17Br2NO2/c1-8(2)12(3-4-17)16-13(18)9-5-10(14)7-11(15)6-9/h5-8,12,17H,3-4H2,1-2H3,(H,16,18). The SMILES string of the molecule is CC(C)C(CCO)NC(=O)c1cc(Br)cc(Br)c1. The molecule has 2 N–H and O–H groups in total. The van der Waals surface area contributed by atoms with Crippen molar-refractivity contribution >= 4 is 37.8 Å². The second-order valence-corrected chi connectivity index (χ2v) is 6.33. The molecule has 1 amide bonds. The Morgan fingerprint density at radius 3 is 2.28 bits per heavy atom. The van der Waals surface area contributed by atoms with E-state index in [2.05, 4.69) is 37.2 Å². The van der Waals surface area contributed by atoms with Crippen LogP contribution in [0.4, 0.5) is 0 Å². The van der Waals surface area contributed by atoms with Gasteiger partial charge in [0.25, 0.3) is 5.91 Å². The molecule has 1 atom stereocenters. The highest BCUT2D eigenvalue weighted by Gasteiger charge is 2.17. The number of halogens is 2. The molecule has 1 rings (SSSR count). The molecule has 0 aromatic heterocycles. The van der Waals surface area contributed by atoms with Gasteiger partial charge in [-0.15, -0.1) is 0 Å². The molecular weight excluding hydrogens is 362 g/mol. The molecule has 1 aromatic carbocycles. The van der Waals surface area contributed by atoms with E-state index in [0.29, 0.717) is 12.0 Å². The molecule has 0 aliphatic carbocycles. The predicted octanol–water partition coefficient (Wildman–Crippen LogP) is 3.35. The van der Waals surface area contributed by atoms with Gasteiger partial charge in [-0.2, -0.15) is 0 Å². The van der Waals surface area contributed by atoms with Crippen LogP contribution in [0, 0.1) is 5.92 Å². The van der Waals surface area contributed by atoms with E-state index in [-0.39, 0.29) is 24.5 Å². The van der Waals surface area contributed by atoms with E-state index in [4.69, 9.17) is 5.11 Å². The van der Waals surface area contributed by atoms with Crippen molar-refractivity contribution in [3.05, 3.63) is 32.7 Å². The fourth-order valence-corrected chi connectivity index (χ4v) is 2.94. The van der Waals surface area contributed by atoms with Crippen molar-refractivity contribution in [2.45, 2.75) is 26.3 Å². The molecule has 0 saturated carbocycles. The number of hydrogen-bond donors (Lipinski definition) is 2. The predicted molar refractivity (Wildman–Crippen MR) is 79.6 cm³/mol. The second-order valence-electron chi connectivity index (χ2n) is 4.49. The van der Waals surface area contributed by atoms with Crippen LogP contribution in [0.1, 0.15) is 30.6 Å². The summed E-state index contributed by atoms with van der Waals surface area (Å²) in [6.07, 6.45) is 0.568. The van der Waals surface area contributed by atoms with Crippen LogP contribution in [0.3, 0.4) is 0 Å². The molecule has 0 aliphatic rings. The van der Waals surface area contributed by atoms with Crippen LogP contribution < -0.4 is 5.32 Å². The minimum atomic E-state index is -0.121. The zero-order valence-electron chi connectivity index (χ0n) is 10.4. The van der Waals surface area contributed by atoms with Crippen molar-refractivity contribution in [1.82, 2.24) is 5.32 Å². The van der Waals surface area contributed by atoms with Gasteiger partial charge >= 0.3 is 0 Å². The van der Waals surface area contributed by atoms with Gasteiger partial charge in [0.1, 0.15) is 0 Å². The third-order valence-electron chi connectivity index (χ3n) is 2.69. The zero-order chi connectivity index (χ0) is 13.7. The first kappa shape index (κ1) is 15.7. The number of hydrogen-bond acceptors (Lipinski definition) is 2. The fraction of sp³-hybridized carbons (Fsp3) is 0.462. The van der Waals surface area contributed by atoms with Crippen LogP contribution in [0.25, 0.3) is 0 Å². The van der Waals surface area contributed by atoms with Gasteiger partial charge in [-0.1, -0.05) is 45.7 Å². The number of nitrogens with one attached hydrogen (secondary N) is 1. The Morgan fingerprint density at radius 1 is 1.28 bits per heavy atom. The molecule has 0 spiro atoms. The van der Waals surface area contributed by atoms with Gasteiger partial charge in [-0.05, 0) is 30.5 Å². The summed E-state index contributed by atoms with van der Waals surface area (Å²) in [7, 11) is 0. The lowest BCUT2D eigenvalue weighted by Crippen LogP contribution is -2.39. The van der Waals surface area contributed by atoms with E-state index in [1.165, 1.54) is 0 Å². The molecule has 0 fully saturated rings. The van der Waals surface area contributed by atoms with Crippen LogP contribution in [0.5, 0.6) is 0 Å². The first-order valence-corrected chi connectivity index (χ1v) is 7.40. The van der Waals surface area contributed by atoms with E-state index in [1.54, 1.807) is 12.1 Å². The maximum Gasteiger partial charge on any atom is 0.251 e. The summed E-state index contributed by atoms with van der Waals surface area (Å²) in [5.74, 6) is 0.167. The van der Waals surface area contributed by atoms with Crippen molar-refractivity contribution < 1.29 is 9.90 Å². The molecule has 1 unspecified atom stereocenters. The van der Waals surface area contributed by atoms with Crippen molar-refractivity contribution in [1.29, 1.82) is 0 Å². The van der Waals surface area contributed by atoms with Gasteiger partial charge in [-0.3, -0.25) is 4.79 Å². The van der Waals surface area contributed by atoms with Gasteiger partial charge in [-0.25, -0.2) is 0 Å². The topological polar surface area (TPSA) is 49.3 Å². The number of carbonyl (C=O) groups is 1. The monoisotopic (exact) mass is 377 g/mol. The highest BCUT2D eigenvalue weighted by molar-refractivity contribution is 9.11. The molecule has 0 heterocycles. The van der Waals surface area contributed by atoms with Crippen molar-refractivity contribution in [3.63, 3.8) is 0 Å². The van der Waals surface area contributed by atoms with E-state index >= 15 is 0 Å². The number of amides is 1. The summed E-state index contributed by atoms with van der Waals surface area (Å²) < 4.78 is 1.70. The third kappa shape index (κ3) is 4.71. The minimum absolute atomic E-state index is 0.0137. The number of aliphatic hydroxyl groups excluding tert-OH is 1. The third-order valence-corrected chi connectivity index (χ3v) is 3.60. The van der Waals surface area contributed by atoms with Crippen LogP contribution in [0.2, 0.25) is 0 Å². The number of rotatable bonds is 5. The fourth-order valence-electron chi connectivity index (χ4n) is 1.65.